The summed E-state index contributed by atoms with van der Waals surface area (Å²) in [7, 11) is 12.1. The molecule has 22 heteroatoms. The van der Waals surface area contributed by atoms with Crippen LogP contribution >= 0.6 is 0 Å². The van der Waals surface area contributed by atoms with Crippen LogP contribution in [0.4, 0.5) is 23.7 Å². The third kappa shape index (κ3) is 39.0. The van der Waals surface area contributed by atoms with Gasteiger partial charge in [0.15, 0.2) is 39.2 Å². The molecule has 0 radical (unpaired) electrons. The highest BCUT2D eigenvalue weighted by atomic mass is 16.4. The zero-order chi connectivity index (χ0) is 101. The Kier molecular flexibility index (Phi) is 54.6. The van der Waals surface area contributed by atoms with Crippen LogP contribution in [0, 0.1) is 22.7 Å². The maximum Gasteiger partial charge on any atom is 0.295 e. The normalized spacial score (nSPS) is 10.5. The maximum absolute atomic E-state index is 11.9. The van der Waals surface area contributed by atoms with E-state index >= 15 is 0 Å². The average molecular weight is 1820 g/mol. The number of nitrogens with zero attached hydrogens (tertiary/aromatic N) is 14. The summed E-state index contributed by atoms with van der Waals surface area (Å²) in [6, 6.07) is 60.3. The number of rotatable bonds is 13. The largest absolute Gasteiger partial charge is 0.441 e. The number of fused-ring (bicyclic) bond motifs is 8. The average Bonchev–Trinajstić information content (AvgIpc) is 1.80. The first-order valence-electron chi connectivity index (χ1n) is 48.6. The number of hydrogen-bond acceptors (Lipinski definition) is 16. The number of benzene rings is 6. The van der Waals surface area contributed by atoms with E-state index in [9.17, 15) is 9.59 Å². The van der Waals surface area contributed by atoms with Gasteiger partial charge in [0.25, 0.3) is 6.01 Å². The molecule has 0 amide bonds. The minimum absolute atomic E-state index is 0.0368. The predicted molar refractivity (Wildman–Crippen MR) is 579 cm³/mol. The molecule has 0 bridgehead atoms. The van der Waals surface area contributed by atoms with E-state index in [0.717, 1.165) is 144 Å². The smallest absolute Gasteiger partial charge is 0.295 e. The van der Waals surface area contributed by atoms with E-state index in [1.165, 1.54) is 11.3 Å². The van der Waals surface area contributed by atoms with Gasteiger partial charge in [0.2, 0.25) is 11.9 Å². The number of nitrogens with one attached hydrogen (secondary N) is 4. The van der Waals surface area contributed by atoms with Crippen LogP contribution in [0.3, 0.4) is 0 Å². The predicted octanol–water partition coefficient (Wildman–Crippen LogP) is 29.3. The molecule has 0 aliphatic carbocycles. The summed E-state index contributed by atoms with van der Waals surface area (Å²) in [5, 5.41) is 14.6. The van der Waals surface area contributed by atoms with Crippen LogP contribution in [-0.4, -0.2) is 90.9 Å². The second-order valence-electron chi connectivity index (χ2n) is 34.9. The minimum Gasteiger partial charge on any atom is -0.441 e. The van der Waals surface area contributed by atoms with Crippen molar-refractivity contribution in [2.75, 3.05) is 21.3 Å². The highest BCUT2D eigenvalue weighted by molar-refractivity contribution is 5.83. The number of aromatic nitrogens is 14. The third-order valence-electron chi connectivity index (χ3n) is 18.4. The second kappa shape index (κ2) is 61.0. The number of hydrogen-bond donors (Lipinski definition) is 4. The fourth-order valence-corrected chi connectivity index (χ4v) is 13.0. The number of anilines is 4. The molecule has 22 nitrogen and oxygen atoms in total. The van der Waals surface area contributed by atoms with Crippen molar-refractivity contribution >= 4 is 112 Å². The highest BCUT2D eigenvalue weighted by Gasteiger charge is 2.20. The molecule has 0 aliphatic rings. The SMILES string of the molecule is CC.CC.CC.CC.CC.CC.CC.CC.CC(C)(C)Cc1nc2ccccc2o1.CC(C)Cc1cc(=O)c2ccccc2n1C.CC(C)Cc1nc2cccnc2n1C.CC(C)Nc1cc(=O)c2ccccc2n1C.CC(C)Nc1nc2ccccc2o1.CC(C)Nc1nc2cccnc2n1C.Cn1c(CC(C)(C)C)nc2ccccc21.Cn1c(NC(C)(C)C)nc2ccccc21. The summed E-state index contributed by atoms with van der Waals surface area (Å²) in [6.45, 7) is 72.8. The lowest BCUT2D eigenvalue weighted by atomic mass is 9.92. The van der Waals surface area contributed by atoms with Crippen molar-refractivity contribution in [1.29, 1.82) is 0 Å². The van der Waals surface area contributed by atoms with Gasteiger partial charge in [-0.3, -0.25) is 14.2 Å². The first kappa shape index (κ1) is 119. The summed E-state index contributed by atoms with van der Waals surface area (Å²) in [4.78, 5) is 59.3. The van der Waals surface area contributed by atoms with Gasteiger partial charge in [-0.15, -0.1) is 0 Å². The Morgan fingerprint density at radius 2 is 0.714 bits per heavy atom. The quantitative estimate of drug-likeness (QED) is 0.0839. The zero-order valence-corrected chi connectivity index (χ0v) is 89.6. The van der Waals surface area contributed by atoms with Gasteiger partial charge in [0, 0.05) is 126 Å². The molecule has 0 aliphatic heterocycles. The van der Waals surface area contributed by atoms with Crippen molar-refractivity contribution in [3.63, 3.8) is 0 Å². The zero-order valence-electron chi connectivity index (χ0n) is 89.6. The van der Waals surface area contributed by atoms with Crippen molar-refractivity contribution in [3.8, 4) is 0 Å². The standard InChI is InChI=1S/C14H17NO.C13H16N2O.C13H18N2.C12H17N3.C12H15NO.C11H15N3.C10H14N4.C10H12N2O.8C2H6/c1-10(2)8-11-9-14(16)12-6-4-5-7-13(12)15(11)3;1-9(2)14-13-8-12(16)10-6-4-5-7-11(10)15(13)3;1-13(2,3)9-12-14-10-7-5-6-8-11(10)15(12)4;1-12(2,3)14-11-13-9-7-5-6-8-10(9)15(11)4;1-12(2,3)8-11-13-9-6-4-5-7-10(9)14-11;1-8(2)7-10-13-9-5-4-6-12-11(9)14(10)3;1-7(2)12-10-13-8-5-4-6-11-9(8)14(10)3;1-7(2)11-10-12-8-5-3-4-6-9(8)13-10;8*1-2/h4-7,9-10H,8H2,1-3H3;4-9,14H,1-3H3;5-8H,9H2,1-4H3;5-8H,1-4H3,(H,13,14);4-7H,8H2,1-3H3;4-6,8H,7H2,1-3H3;4-7H,1-3H3,(H,12,13);3-7H,1-2H3,(H,11,12);8*1-2H3. The fraction of sp³-hybridized carbons (Fsp3) is 0.477. The fourth-order valence-electron chi connectivity index (χ4n) is 13.0. The summed E-state index contributed by atoms with van der Waals surface area (Å²) in [5.74, 6) is 6.96. The molecule has 0 atom stereocenters. The van der Waals surface area contributed by atoms with Crippen molar-refractivity contribution in [2.45, 2.75) is 292 Å². The first-order chi connectivity index (χ1) is 63.3. The lowest BCUT2D eigenvalue weighted by molar-refractivity contribution is 0.362. The van der Waals surface area contributed by atoms with Crippen LogP contribution in [0.25, 0.3) is 88.4 Å². The number of oxazole rings is 2. The number of para-hydroxylation sites is 10. The van der Waals surface area contributed by atoms with Crippen LogP contribution in [0.15, 0.2) is 213 Å². The number of aryl methyl sites for hydroxylation is 6. The summed E-state index contributed by atoms with van der Waals surface area (Å²) in [6.07, 6.45) is 7.43. The summed E-state index contributed by atoms with van der Waals surface area (Å²) in [5.41, 5.74) is 15.7. The van der Waals surface area contributed by atoms with Gasteiger partial charge in [-0.2, -0.15) is 4.98 Å². The van der Waals surface area contributed by atoms with Crippen LogP contribution in [-0.2, 0) is 68.0 Å². The Morgan fingerprint density at radius 3 is 1.14 bits per heavy atom. The van der Waals surface area contributed by atoms with Gasteiger partial charge < -0.3 is 52.9 Å². The number of imidazole rings is 4. The van der Waals surface area contributed by atoms with Crippen molar-refractivity contribution in [2.24, 2.45) is 65.0 Å². The van der Waals surface area contributed by atoms with E-state index in [4.69, 9.17) is 8.83 Å². The van der Waals surface area contributed by atoms with Gasteiger partial charge in [-0.05, 0) is 188 Å². The van der Waals surface area contributed by atoms with Crippen molar-refractivity contribution < 1.29 is 8.83 Å². The molecular formula is C111H172N18O4. The molecule has 133 heavy (non-hydrogen) atoms. The van der Waals surface area contributed by atoms with Crippen LogP contribution in [0.5, 0.6) is 0 Å². The van der Waals surface area contributed by atoms with E-state index in [-0.39, 0.29) is 27.2 Å². The molecule has 10 aromatic heterocycles. The maximum atomic E-state index is 11.9. The second-order valence-corrected chi connectivity index (χ2v) is 34.9. The van der Waals surface area contributed by atoms with Gasteiger partial charge in [0.05, 0.1) is 33.1 Å². The molecule has 16 aromatic rings. The Hall–Kier alpha value is -11.9. The van der Waals surface area contributed by atoms with Crippen LogP contribution < -0.4 is 32.1 Å². The molecule has 16 rings (SSSR count). The van der Waals surface area contributed by atoms with Gasteiger partial charge >= 0.3 is 0 Å². The van der Waals surface area contributed by atoms with E-state index in [1.54, 1.807) is 18.3 Å². The molecular weight excluding hydrogens is 1650 g/mol. The van der Waals surface area contributed by atoms with E-state index in [1.807, 2.05) is 307 Å². The Morgan fingerprint density at radius 1 is 0.331 bits per heavy atom. The molecule has 6 aromatic carbocycles. The van der Waals surface area contributed by atoms with Gasteiger partial charge in [0.1, 0.15) is 39.5 Å². The summed E-state index contributed by atoms with van der Waals surface area (Å²) >= 11 is 0. The van der Waals surface area contributed by atoms with E-state index < -0.39 is 0 Å². The van der Waals surface area contributed by atoms with Crippen LogP contribution in [0.2, 0.25) is 0 Å². The molecule has 0 spiro atoms. The molecule has 0 unspecified atom stereocenters. The summed E-state index contributed by atoms with van der Waals surface area (Å²) < 4.78 is 23.5. The van der Waals surface area contributed by atoms with Crippen molar-refractivity contribution in [1.82, 2.24) is 67.3 Å². The molecule has 4 N–H and O–H groups in total. The lowest BCUT2D eigenvalue weighted by Gasteiger charge is -2.21. The lowest BCUT2D eigenvalue weighted by Crippen LogP contribution is -2.27. The Labute approximate surface area is 799 Å². The third-order valence-corrected chi connectivity index (χ3v) is 18.4. The Bertz CT molecular complexity index is 5670. The van der Waals surface area contributed by atoms with Gasteiger partial charge in [-0.25, -0.2) is 34.9 Å². The molecule has 730 valence electrons. The first-order valence-corrected chi connectivity index (χ1v) is 48.6. The monoisotopic (exact) mass is 1820 g/mol. The van der Waals surface area contributed by atoms with Crippen LogP contribution in [0.1, 0.15) is 266 Å². The minimum atomic E-state index is 0.0368. The van der Waals surface area contributed by atoms with Gasteiger partial charge in [-0.1, -0.05) is 253 Å². The topological polar surface area (TPSA) is 241 Å². The molecule has 0 saturated heterocycles. The van der Waals surface area contributed by atoms with Crippen molar-refractivity contribution in [3.05, 3.63) is 238 Å². The molecule has 10 heterocycles. The van der Waals surface area contributed by atoms with E-state index in [2.05, 4.69) is 242 Å². The number of pyridine rings is 4. The highest BCUT2D eigenvalue weighted by Crippen LogP contribution is 2.27. The Balaban J connectivity index is 0.000000743. The molecule has 0 saturated carbocycles. The molecule has 0 fully saturated rings. The van der Waals surface area contributed by atoms with E-state index in [0.29, 0.717) is 36.0 Å².